The van der Waals surface area contributed by atoms with Gasteiger partial charge in [-0.2, -0.15) is 8.42 Å². The highest BCUT2D eigenvalue weighted by atomic mass is 32.2. The number of benzene rings is 1. The zero-order valence-electron chi connectivity index (χ0n) is 9.71. The van der Waals surface area contributed by atoms with Crippen LogP contribution in [0.4, 0.5) is 0 Å². The van der Waals surface area contributed by atoms with Gasteiger partial charge in [-0.1, -0.05) is 42.5 Å². The molecule has 0 aliphatic heterocycles. The van der Waals surface area contributed by atoms with E-state index in [4.69, 9.17) is 16.4 Å². The highest BCUT2D eigenvalue weighted by molar-refractivity contribution is 7.86. The Morgan fingerprint density at radius 3 is 2.53 bits per heavy atom. The maximum Gasteiger partial charge on any atom is 0.265 e. The molecule has 0 aliphatic rings. The second kappa shape index (κ2) is 6.09. The topological polar surface area (TPSA) is 55.4 Å². The monoisotopic (exact) mass is 273 g/mol. The van der Waals surface area contributed by atoms with Gasteiger partial charge in [0.25, 0.3) is 10.1 Å². The Balaban J connectivity index is 2.45. The van der Waals surface area contributed by atoms with Gasteiger partial charge in [0.2, 0.25) is 0 Å². The van der Waals surface area contributed by atoms with E-state index in [0.717, 1.165) is 11.8 Å². The van der Waals surface area contributed by atoms with Crippen LogP contribution in [-0.2, 0) is 20.8 Å². The Morgan fingerprint density at radius 2 is 2.00 bits per heavy atom. The van der Waals surface area contributed by atoms with Crippen LogP contribution in [0.25, 0.3) is 0 Å². The van der Waals surface area contributed by atoms with Crippen molar-refractivity contribution in [3.63, 3.8) is 0 Å². The first-order valence-corrected chi connectivity index (χ1v) is 7.31. The molecular formula is C11H15NO3S2. The number of hydrogen-bond donors (Lipinski definition) is 1. The zero-order valence-corrected chi connectivity index (χ0v) is 11.3. The summed E-state index contributed by atoms with van der Waals surface area (Å²) in [6.45, 7) is 2.15. The normalized spacial score (nSPS) is 13.1. The van der Waals surface area contributed by atoms with E-state index in [1.807, 2.05) is 30.3 Å². The van der Waals surface area contributed by atoms with Crippen LogP contribution in [0.1, 0.15) is 12.5 Å². The summed E-state index contributed by atoms with van der Waals surface area (Å²) < 4.78 is 26.6. The molecule has 1 unspecified atom stereocenters. The molecule has 0 aromatic heterocycles. The van der Waals surface area contributed by atoms with Crippen molar-refractivity contribution in [1.29, 1.82) is 0 Å². The Kier molecular flexibility index (Phi) is 5.04. The minimum absolute atomic E-state index is 0.374. The van der Waals surface area contributed by atoms with Crippen molar-refractivity contribution in [2.75, 3.05) is 6.26 Å². The van der Waals surface area contributed by atoms with E-state index in [1.165, 1.54) is 0 Å². The molecule has 0 bridgehead atoms. The van der Waals surface area contributed by atoms with Crippen molar-refractivity contribution in [2.24, 2.45) is 0 Å². The largest absolute Gasteiger partial charge is 0.373 e. The Hall–Kier alpha value is -0.980. The Morgan fingerprint density at radius 1 is 1.41 bits per heavy atom. The molecule has 0 aliphatic carbocycles. The summed E-state index contributed by atoms with van der Waals surface area (Å²) in [5.41, 5.74) is 1.07. The molecule has 0 fully saturated rings. The van der Waals surface area contributed by atoms with E-state index >= 15 is 0 Å². The summed E-state index contributed by atoms with van der Waals surface area (Å²) in [4.78, 5) is 0.374. The van der Waals surface area contributed by atoms with E-state index in [9.17, 15) is 8.42 Å². The van der Waals surface area contributed by atoms with Gasteiger partial charge in [0, 0.05) is 6.54 Å². The van der Waals surface area contributed by atoms with Crippen LogP contribution in [0.15, 0.2) is 30.3 Å². The van der Waals surface area contributed by atoms with Crippen molar-refractivity contribution in [3.8, 4) is 0 Å². The van der Waals surface area contributed by atoms with Crippen LogP contribution in [-0.4, -0.2) is 25.8 Å². The van der Waals surface area contributed by atoms with E-state index < -0.39 is 16.2 Å². The van der Waals surface area contributed by atoms with Crippen LogP contribution in [0, 0.1) is 0 Å². The summed E-state index contributed by atoms with van der Waals surface area (Å²) in [7, 11) is -3.48. The van der Waals surface area contributed by atoms with Crippen LogP contribution < -0.4 is 5.32 Å². The molecule has 17 heavy (non-hydrogen) atoms. The van der Waals surface area contributed by atoms with Crippen LogP contribution in [0.2, 0.25) is 0 Å². The third-order valence-electron chi connectivity index (χ3n) is 2.00. The Labute approximate surface area is 107 Å². The summed E-state index contributed by atoms with van der Waals surface area (Å²) in [6.07, 6.45) is 0.354. The minimum atomic E-state index is -3.48. The molecule has 0 radical (unpaired) electrons. The van der Waals surface area contributed by atoms with Crippen molar-refractivity contribution >= 4 is 27.3 Å². The smallest absolute Gasteiger partial charge is 0.265 e. The number of hydrogen-bond acceptors (Lipinski definition) is 4. The first-order chi connectivity index (χ1) is 7.88. The maximum absolute atomic E-state index is 10.9. The molecule has 6 heteroatoms. The molecule has 1 aromatic rings. The van der Waals surface area contributed by atoms with E-state index in [2.05, 4.69) is 5.32 Å². The van der Waals surface area contributed by atoms with Gasteiger partial charge in [-0.15, -0.1) is 0 Å². The second-order valence-electron chi connectivity index (χ2n) is 3.65. The fourth-order valence-corrected chi connectivity index (χ4v) is 2.04. The fourth-order valence-electron chi connectivity index (χ4n) is 1.23. The second-order valence-corrected chi connectivity index (χ2v) is 5.69. The highest BCUT2D eigenvalue weighted by Crippen LogP contribution is 2.01. The summed E-state index contributed by atoms with van der Waals surface area (Å²) >= 11 is 5.04. The molecule has 0 saturated heterocycles. The molecule has 0 spiro atoms. The number of nitrogens with one attached hydrogen (secondary N) is 1. The molecule has 4 nitrogen and oxygen atoms in total. The minimum Gasteiger partial charge on any atom is -0.373 e. The van der Waals surface area contributed by atoms with Gasteiger partial charge >= 0.3 is 0 Å². The van der Waals surface area contributed by atoms with Crippen molar-refractivity contribution in [1.82, 2.24) is 5.32 Å². The van der Waals surface area contributed by atoms with Gasteiger partial charge in [0.1, 0.15) is 11.1 Å². The van der Waals surface area contributed by atoms with Crippen molar-refractivity contribution < 1.29 is 12.6 Å². The molecule has 1 aromatic carbocycles. The molecule has 0 amide bonds. The summed E-state index contributed by atoms with van der Waals surface area (Å²) in [6, 6.07) is 9.69. The summed E-state index contributed by atoms with van der Waals surface area (Å²) in [5, 5.41) is 2.96. The number of thiocarbonyl (C=S) groups is 1. The average Bonchev–Trinajstić information content (AvgIpc) is 2.25. The van der Waals surface area contributed by atoms with Gasteiger partial charge in [-0.25, -0.2) is 0 Å². The van der Waals surface area contributed by atoms with Gasteiger partial charge in [-0.05, 0) is 12.5 Å². The standard InChI is InChI=1S/C11H15NO3S2/c1-9(15-17(2,13)14)11(16)12-8-10-6-4-3-5-7-10/h3-7,9H,8H2,1-2H3,(H,12,16). The lowest BCUT2D eigenvalue weighted by Crippen LogP contribution is -2.33. The molecule has 0 saturated carbocycles. The molecule has 1 atom stereocenters. The van der Waals surface area contributed by atoms with Crippen molar-refractivity contribution in [2.45, 2.75) is 19.6 Å². The fraction of sp³-hybridized carbons (Fsp3) is 0.364. The van der Waals surface area contributed by atoms with Crippen molar-refractivity contribution in [3.05, 3.63) is 35.9 Å². The van der Waals surface area contributed by atoms with Gasteiger partial charge in [0.15, 0.2) is 0 Å². The van der Waals surface area contributed by atoms with E-state index in [1.54, 1.807) is 6.92 Å². The first-order valence-electron chi connectivity index (χ1n) is 5.08. The summed E-state index contributed by atoms with van der Waals surface area (Å²) in [5.74, 6) is 0. The lowest BCUT2D eigenvalue weighted by Gasteiger charge is -2.14. The molecule has 1 N–H and O–H groups in total. The third-order valence-corrected chi connectivity index (χ3v) is 3.11. The zero-order chi connectivity index (χ0) is 12.9. The van der Waals surface area contributed by atoms with Crippen LogP contribution >= 0.6 is 12.2 Å². The van der Waals surface area contributed by atoms with Gasteiger partial charge in [-0.3, -0.25) is 4.18 Å². The van der Waals surface area contributed by atoms with Crippen LogP contribution in [0.3, 0.4) is 0 Å². The highest BCUT2D eigenvalue weighted by Gasteiger charge is 2.14. The average molecular weight is 273 g/mol. The predicted octanol–water partition coefficient (Wildman–Crippen LogP) is 1.47. The van der Waals surface area contributed by atoms with E-state index in [-0.39, 0.29) is 0 Å². The van der Waals surface area contributed by atoms with Gasteiger partial charge < -0.3 is 5.32 Å². The van der Waals surface area contributed by atoms with E-state index in [0.29, 0.717) is 11.5 Å². The molecular weight excluding hydrogens is 258 g/mol. The third kappa shape index (κ3) is 5.76. The van der Waals surface area contributed by atoms with Gasteiger partial charge in [0.05, 0.1) is 6.26 Å². The lowest BCUT2D eigenvalue weighted by atomic mass is 10.2. The Bertz CT molecular complexity index is 471. The first kappa shape index (κ1) is 14.1. The molecule has 94 valence electrons. The predicted molar refractivity (Wildman–Crippen MR) is 71.3 cm³/mol. The quantitative estimate of drug-likeness (QED) is 0.650. The molecule has 1 rings (SSSR count). The number of rotatable bonds is 5. The lowest BCUT2D eigenvalue weighted by molar-refractivity contribution is 0.292. The maximum atomic E-state index is 10.9. The SMILES string of the molecule is CC(OS(C)(=O)=O)C(=S)NCc1ccccc1. The van der Waals surface area contributed by atoms with Crippen LogP contribution in [0.5, 0.6) is 0 Å². The molecule has 0 heterocycles.